The Kier molecular flexibility index (Phi) is 4.53. The minimum Gasteiger partial charge on any atom is -0.478 e. The first-order valence-corrected chi connectivity index (χ1v) is 8.82. The zero-order valence-corrected chi connectivity index (χ0v) is 14.1. The van der Waals surface area contributed by atoms with Crippen LogP contribution in [0.1, 0.15) is 33.9 Å². The molecule has 0 aromatic heterocycles. The van der Waals surface area contributed by atoms with Crippen molar-refractivity contribution in [1.82, 2.24) is 15.8 Å². The molecule has 0 saturated carbocycles. The van der Waals surface area contributed by atoms with Gasteiger partial charge >= 0.3 is 5.97 Å². The molecule has 130 valence electrons. The average Bonchev–Trinajstić information content (AvgIpc) is 3.06. The molecular weight excluding hydrogens is 314 g/mol. The first-order chi connectivity index (χ1) is 12.2. The van der Waals surface area contributed by atoms with E-state index in [1.165, 1.54) is 5.56 Å². The van der Waals surface area contributed by atoms with Gasteiger partial charge in [-0.25, -0.2) is 10.2 Å². The van der Waals surface area contributed by atoms with Crippen LogP contribution in [0.15, 0.2) is 54.6 Å². The fraction of sp³-hybridized carbons (Fsp3) is 0.350. The number of rotatable bonds is 4. The third-order valence-corrected chi connectivity index (χ3v) is 5.39. The van der Waals surface area contributed by atoms with Crippen molar-refractivity contribution in [3.05, 3.63) is 71.3 Å². The van der Waals surface area contributed by atoms with Crippen molar-refractivity contribution in [3.8, 4) is 0 Å². The molecular formula is C20H23N3O2. The summed E-state index contributed by atoms with van der Waals surface area (Å²) >= 11 is 0. The molecule has 3 unspecified atom stereocenters. The van der Waals surface area contributed by atoms with Gasteiger partial charge in [-0.15, -0.1) is 0 Å². The Hall–Kier alpha value is -2.21. The van der Waals surface area contributed by atoms with Gasteiger partial charge in [0.05, 0.1) is 11.6 Å². The second kappa shape index (κ2) is 6.96. The molecule has 0 radical (unpaired) electrons. The first-order valence-electron chi connectivity index (χ1n) is 8.82. The largest absolute Gasteiger partial charge is 0.478 e. The van der Waals surface area contributed by atoms with Crippen LogP contribution in [-0.2, 0) is 6.54 Å². The van der Waals surface area contributed by atoms with Gasteiger partial charge in [-0.1, -0.05) is 48.5 Å². The van der Waals surface area contributed by atoms with Crippen LogP contribution in [-0.4, -0.2) is 35.1 Å². The van der Waals surface area contributed by atoms with Crippen LogP contribution in [0.5, 0.6) is 0 Å². The van der Waals surface area contributed by atoms with E-state index in [-0.39, 0.29) is 0 Å². The van der Waals surface area contributed by atoms with Gasteiger partial charge in [0.15, 0.2) is 0 Å². The monoisotopic (exact) mass is 337 g/mol. The van der Waals surface area contributed by atoms with Crippen molar-refractivity contribution in [3.63, 3.8) is 0 Å². The lowest BCUT2D eigenvalue weighted by Crippen LogP contribution is -2.45. The maximum Gasteiger partial charge on any atom is 0.336 e. The standard InChI is InChI=1S/C20H23N3O2/c24-20(25)16-9-5-4-8-15(16)12-23-11-10-18-17(13-23)19(22-21-18)14-6-2-1-3-7-14/h1-9,17-19,21-22H,10-13H2,(H,24,25). The molecule has 2 aromatic carbocycles. The van der Waals surface area contributed by atoms with Crippen LogP contribution in [0.2, 0.25) is 0 Å². The summed E-state index contributed by atoms with van der Waals surface area (Å²) in [7, 11) is 0. The number of fused-ring (bicyclic) bond motifs is 1. The predicted molar refractivity (Wildman–Crippen MR) is 96.0 cm³/mol. The molecule has 2 fully saturated rings. The fourth-order valence-electron chi connectivity index (χ4n) is 4.12. The molecule has 0 bridgehead atoms. The quantitative estimate of drug-likeness (QED) is 0.800. The zero-order valence-electron chi connectivity index (χ0n) is 14.1. The second-order valence-corrected chi connectivity index (χ2v) is 6.93. The number of likely N-dealkylation sites (tertiary alicyclic amines) is 1. The summed E-state index contributed by atoms with van der Waals surface area (Å²) in [4.78, 5) is 13.8. The SMILES string of the molecule is O=C(O)c1ccccc1CN1CCC2NNC(c3ccccc3)C2C1. The number of hydrogen-bond acceptors (Lipinski definition) is 4. The van der Waals surface area contributed by atoms with Gasteiger partial charge in [0.2, 0.25) is 0 Å². The van der Waals surface area contributed by atoms with Gasteiger partial charge in [0.1, 0.15) is 0 Å². The van der Waals surface area contributed by atoms with Crippen molar-refractivity contribution >= 4 is 5.97 Å². The maximum atomic E-state index is 11.4. The van der Waals surface area contributed by atoms with Crippen LogP contribution < -0.4 is 10.9 Å². The molecule has 25 heavy (non-hydrogen) atoms. The van der Waals surface area contributed by atoms with E-state index in [0.29, 0.717) is 30.1 Å². The summed E-state index contributed by atoms with van der Waals surface area (Å²) in [5.41, 5.74) is 9.51. The van der Waals surface area contributed by atoms with Crippen LogP contribution in [0.4, 0.5) is 0 Å². The van der Waals surface area contributed by atoms with Crippen LogP contribution in [0, 0.1) is 5.92 Å². The summed E-state index contributed by atoms with van der Waals surface area (Å²) in [5.74, 6) is -0.370. The Morgan fingerprint density at radius 2 is 1.84 bits per heavy atom. The number of hydrogen-bond donors (Lipinski definition) is 3. The lowest BCUT2D eigenvalue weighted by molar-refractivity contribution is 0.0693. The van der Waals surface area contributed by atoms with Crippen molar-refractivity contribution in [2.75, 3.05) is 13.1 Å². The van der Waals surface area contributed by atoms with E-state index in [1.807, 2.05) is 18.2 Å². The van der Waals surface area contributed by atoms with Gasteiger partial charge in [0.25, 0.3) is 0 Å². The molecule has 2 aromatic rings. The van der Waals surface area contributed by atoms with Gasteiger partial charge in [-0.3, -0.25) is 10.3 Å². The number of benzene rings is 2. The number of carbonyl (C=O) groups is 1. The summed E-state index contributed by atoms with van der Waals surface area (Å²) in [6, 6.07) is 18.6. The Bertz CT molecular complexity index is 750. The minimum atomic E-state index is -0.850. The van der Waals surface area contributed by atoms with Crippen LogP contribution >= 0.6 is 0 Å². The average molecular weight is 337 g/mol. The number of carboxylic acids is 1. The highest BCUT2D eigenvalue weighted by molar-refractivity contribution is 5.89. The Morgan fingerprint density at radius 1 is 1.08 bits per heavy atom. The zero-order chi connectivity index (χ0) is 17.2. The van der Waals surface area contributed by atoms with Crippen LogP contribution in [0.25, 0.3) is 0 Å². The first kappa shape index (κ1) is 16.3. The molecule has 2 aliphatic rings. The molecule has 2 saturated heterocycles. The van der Waals surface area contributed by atoms with E-state index in [4.69, 9.17) is 0 Å². The van der Waals surface area contributed by atoms with Gasteiger partial charge in [0, 0.05) is 31.6 Å². The number of carboxylic acid groups (broad SMARTS) is 1. The molecule has 4 rings (SSSR count). The van der Waals surface area contributed by atoms with Gasteiger partial charge < -0.3 is 5.11 Å². The molecule has 2 heterocycles. The lowest BCUT2D eigenvalue weighted by Gasteiger charge is -2.36. The third kappa shape index (κ3) is 3.31. The highest BCUT2D eigenvalue weighted by Gasteiger charge is 2.40. The Morgan fingerprint density at radius 3 is 2.64 bits per heavy atom. The number of hydrazine groups is 1. The summed E-state index contributed by atoms with van der Waals surface area (Å²) < 4.78 is 0. The number of aromatic carboxylic acids is 1. The predicted octanol–water partition coefficient (Wildman–Crippen LogP) is 2.42. The lowest BCUT2D eigenvalue weighted by atomic mass is 9.85. The van der Waals surface area contributed by atoms with E-state index in [9.17, 15) is 9.90 Å². The molecule has 5 nitrogen and oxygen atoms in total. The third-order valence-electron chi connectivity index (χ3n) is 5.39. The molecule has 3 atom stereocenters. The summed E-state index contributed by atoms with van der Waals surface area (Å²) in [5, 5.41) is 9.40. The van der Waals surface area contributed by atoms with Crippen molar-refractivity contribution in [2.24, 2.45) is 5.92 Å². The molecule has 0 amide bonds. The van der Waals surface area contributed by atoms with E-state index >= 15 is 0 Å². The van der Waals surface area contributed by atoms with E-state index in [0.717, 1.165) is 25.1 Å². The van der Waals surface area contributed by atoms with Gasteiger partial charge in [-0.2, -0.15) is 0 Å². The molecule has 0 aliphatic carbocycles. The van der Waals surface area contributed by atoms with E-state index in [1.54, 1.807) is 12.1 Å². The fourth-order valence-corrected chi connectivity index (χ4v) is 4.12. The maximum absolute atomic E-state index is 11.4. The molecule has 3 N–H and O–H groups in total. The van der Waals surface area contributed by atoms with Crippen LogP contribution in [0.3, 0.4) is 0 Å². The smallest absolute Gasteiger partial charge is 0.336 e. The van der Waals surface area contributed by atoms with Crippen molar-refractivity contribution < 1.29 is 9.90 Å². The number of piperidine rings is 1. The van der Waals surface area contributed by atoms with E-state index in [2.05, 4.69) is 40.0 Å². The van der Waals surface area contributed by atoms with Crippen molar-refractivity contribution in [1.29, 1.82) is 0 Å². The number of nitrogens with one attached hydrogen (secondary N) is 2. The second-order valence-electron chi connectivity index (χ2n) is 6.93. The molecule has 2 aliphatic heterocycles. The normalized spacial score (nSPS) is 26.3. The van der Waals surface area contributed by atoms with Gasteiger partial charge in [-0.05, 0) is 23.6 Å². The molecule has 5 heteroatoms. The topological polar surface area (TPSA) is 64.6 Å². The Balaban J connectivity index is 1.50. The van der Waals surface area contributed by atoms with E-state index < -0.39 is 5.97 Å². The van der Waals surface area contributed by atoms with Crippen molar-refractivity contribution in [2.45, 2.75) is 25.0 Å². The Labute approximate surface area is 147 Å². The minimum absolute atomic E-state index is 0.295. The summed E-state index contributed by atoms with van der Waals surface area (Å²) in [6.07, 6.45) is 1.07. The highest BCUT2D eigenvalue weighted by atomic mass is 16.4. The molecule has 0 spiro atoms. The summed E-state index contributed by atoms with van der Waals surface area (Å²) in [6.45, 7) is 2.62. The number of nitrogens with zero attached hydrogens (tertiary/aromatic N) is 1. The highest BCUT2D eigenvalue weighted by Crippen LogP contribution is 2.34.